The van der Waals surface area contributed by atoms with Crippen LogP contribution in [0.2, 0.25) is 5.02 Å². The van der Waals surface area contributed by atoms with Gasteiger partial charge in [0.15, 0.2) is 6.61 Å². The van der Waals surface area contributed by atoms with Crippen molar-refractivity contribution in [2.24, 2.45) is 0 Å². The van der Waals surface area contributed by atoms with Gasteiger partial charge in [0.1, 0.15) is 11.5 Å². The molecule has 0 bridgehead atoms. The summed E-state index contributed by atoms with van der Waals surface area (Å²) in [5, 5.41) is 4.50. The lowest BCUT2D eigenvalue weighted by atomic mass is 10.2. The molecule has 0 spiro atoms. The molecule has 0 unspecified atom stereocenters. The second-order valence-electron chi connectivity index (χ2n) is 4.96. The number of aryl methyl sites for hydroxylation is 1. The molecule has 6 heteroatoms. The zero-order chi connectivity index (χ0) is 16.2. The topological polar surface area (TPSA) is 57.4 Å². The Morgan fingerprint density at radius 3 is 2.65 bits per heavy atom. The summed E-state index contributed by atoms with van der Waals surface area (Å²) >= 11 is 6.09. The molecule has 0 aliphatic rings. The minimum Gasteiger partial charge on any atom is -0.497 e. The van der Waals surface area contributed by atoms with Gasteiger partial charge in [0.2, 0.25) is 5.82 Å². The molecule has 23 heavy (non-hydrogen) atoms. The van der Waals surface area contributed by atoms with Gasteiger partial charge in [-0.1, -0.05) is 22.8 Å². The molecule has 5 nitrogen and oxygen atoms in total. The van der Waals surface area contributed by atoms with Gasteiger partial charge >= 0.3 is 0 Å². The zero-order valence-electron chi connectivity index (χ0n) is 12.7. The Kier molecular flexibility index (Phi) is 4.48. The number of methoxy groups -OCH3 is 1. The number of benzene rings is 2. The molecule has 0 N–H and O–H groups in total. The van der Waals surface area contributed by atoms with Gasteiger partial charge in [-0.3, -0.25) is 0 Å². The van der Waals surface area contributed by atoms with Crippen LogP contribution in [0.3, 0.4) is 0 Å². The number of aromatic nitrogens is 2. The summed E-state index contributed by atoms with van der Waals surface area (Å²) in [6, 6.07) is 13.0. The maximum absolute atomic E-state index is 6.09. The van der Waals surface area contributed by atoms with E-state index in [1.807, 2.05) is 43.3 Å². The van der Waals surface area contributed by atoms with Crippen molar-refractivity contribution in [2.45, 2.75) is 13.5 Å². The zero-order valence-corrected chi connectivity index (χ0v) is 13.5. The molecule has 3 aromatic rings. The van der Waals surface area contributed by atoms with Crippen LogP contribution in [0.5, 0.6) is 11.5 Å². The molecule has 0 amide bonds. The molecular weight excluding hydrogens is 316 g/mol. The number of rotatable bonds is 5. The van der Waals surface area contributed by atoms with Crippen molar-refractivity contribution in [1.82, 2.24) is 10.1 Å². The predicted molar refractivity (Wildman–Crippen MR) is 86.8 cm³/mol. The minimum atomic E-state index is 0.159. The number of halogens is 1. The van der Waals surface area contributed by atoms with Gasteiger partial charge in [-0.05, 0) is 48.9 Å². The SMILES string of the molecule is COc1ccc(-c2noc(COc3cc(C)ccc3Cl)n2)cc1. The normalized spacial score (nSPS) is 10.6. The van der Waals surface area contributed by atoms with Crippen molar-refractivity contribution in [1.29, 1.82) is 0 Å². The summed E-state index contributed by atoms with van der Waals surface area (Å²) in [4.78, 5) is 4.32. The average molecular weight is 331 g/mol. The second-order valence-corrected chi connectivity index (χ2v) is 5.37. The first-order chi connectivity index (χ1) is 11.2. The summed E-state index contributed by atoms with van der Waals surface area (Å²) in [6.45, 7) is 2.13. The third-order valence-electron chi connectivity index (χ3n) is 3.25. The van der Waals surface area contributed by atoms with E-state index in [2.05, 4.69) is 10.1 Å². The van der Waals surface area contributed by atoms with Crippen LogP contribution >= 0.6 is 11.6 Å². The molecule has 2 aromatic carbocycles. The number of hydrogen-bond donors (Lipinski definition) is 0. The van der Waals surface area contributed by atoms with E-state index in [0.29, 0.717) is 22.5 Å². The lowest BCUT2D eigenvalue weighted by molar-refractivity contribution is 0.243. The van der Waals surface area contributed by atoms with Crippen molar-refractivity contribution in [2.75, 3.05) is 7.11 Å². The smallest absolute Gasteiger partial charge is 0.264 e. The van der Waals surface area contributed by atoms with E-state index in [0.717, 1.165) is 16.9 Å². The largest absolute Gasteiger partial charge is 0.497 e. The summed E-state index contributed by atoms with van der Waals surface area (Å²) in [6.07, 6.45) is 0. The van der Waals surface area contributed by atoms with Crippen molar-refractivity contribution in [3.05, 3.63) is 58.9 Å². The molecule has 1 aromatic heterocycles. The number of ether oxygens (including phenoxy) is 2. The molecule has 3 rings (SSSR count). The van der Waals surface area contributed by atoms with Crippen LogP contribution in [0, 0.1) is 6.92 Å². The van der Waals surface area contributed by atoms with E-state index in [1.54, 1.807) is 13.2 Å². The predicted octanol–water partition coefficient (Wildman–Crippen LogP) is 4.29. The number of hydrogen-bond acceptors (Lipinski definition) is 5. The standard InChI is InChI=1S/C17H15ClN2O3/c1-11-3-8-14(18)15(9-11)22-10-16-19-17(20-23-16)12-4-6-13(21-2)7-5-12/h3-9H,10H2,1-2H3. The molecule has 0 aliphatic heterocycles. The maximum atomic E-state index is 6.09. The Labute approximate surface area is 138 Å². The Morgan fingerprint density at radius 1 is 1.13 bits per heavy atom. The van der Waals surface area contributed by atoms with Crippen LogP contribution in [0.15, 0.2) is 47.0 Å². The van der Waals surface area contributed by atoms with Gasteiger partial charge in [0.05, 0.1) is 12.1 Å². The lowest BCUT2D eigenvalue weighted by Gasteiger charge is -2.06. The summed E-state index contributed by atoms with van der Waals surface area (Å²) in [5.41, 5.74) is 1.91. The molecule has 118 valence electrons. The maximum Gasteiger partial charge on any atom is 0.264 e. The van der Waals surface area contributed by atoms with Crippen LogP contribution in [-0.2, 0) is 6.61 Å². The van der Waals surface area contributed by atoms with E-state index in [4.69, 9.17) is 25.6 Å². The van der Waals surface area contributed by atoms with Crippen molar-refractivity contribution in [3.8, 4) is 22.9 Å². The molecule has 0 radical (unpaired) electrons. The fraction of sp³-hybridized carbons (Fsp3) is 0.176. The van der Waals surface area contributed by atoms with E-state index in [9.17, 15) is 0 Å². The highest BCUT2D eigenvalue weighted by Crippen LogP contribution is 2.26. The van der Waals surface area contributed by atoms with Gasteiger partial charge < -0.3 is 14.0 Å². The molecule has 0 atom stereocenters. The van der Waals surface area contributed by atoms with Crippen LogP contribution < -0.4 is 9.47 Å². The van der Waals surface area contributed by atoms with Gasteiger partial charge in [-0.2, -0.15) is 4.98 Å². The molecule has 0 saturated heterocycles. The van der Waals surface area contributed by atoms with E-state index in [-0.39, 0.29) is 6.61 Å². The van der Waals surface area contributed by atoms with E-state index >= 15 is 0 Å². The molecule has 1 heterocycles. The Balaban J connectivity index is 1.70. The van der Waals surface area contributed by atoms with Crippen LogP contribution in [0.1, 0.15) is 11.5 Å². The molecular formula is C17H15ClN2O3. The third-order valence-corrected chi connectivity index (χ3v) is 3.57. The average Bonchev–Trinajstić information content (AvgIpc) is 3.05. The van der Waals surface area contributed by atoms with Crippen molar-refractivity contribution >= 4 is 11.6 Å². The fourth-order valence-electron chi connectivity index (χ4n) is 2.03. The quantitative estimate of drug-likeness (QED) is 0.698. The summed E-state index contributed by atoms with van der Waals surface area (Å²) in [5.74, 6) is 2.25. The first-order valence-corrected chi connectivity index (χ1v) is 7.39. The number of nitrogens with zero attached hydrogens (tertiary/aromatic N) is 2. The molecule has 0 aliphatic carbocycles. The third kappa shape index (κ3) is 3.63. The monoisotopic (exact) mass is 330 g/mol. The molecule has 0 fully saturated rings. The van der Waals surface area contributed by atoms with Gasteiger partial charge in [0, 0.05) is 5.56 Å². The van der Waals surface area contributed by atoms with Crippen LogP contribution in [0.4, 0.5) is 0 Å². The highest BCUT2D eigenvalue weighted by Gasteiger charge is 2.10. The second kappa shape index (κ2) is 6.71. The first-order valence-electron chi connectivity index (χ1n) is 7.01. The van der Waals surface area contributed by atoms with Crippen LogP contribution in [0.25, 0.3) is 11.4 Å². The summed E-state index contributed by atoms with van der Waals surface area (Å²) < 4.78 is 16.0. The van der Waals surface area contributed by atoms with Crippen molar-refractivity contribution in [3.63, 3.8) is 0 Å². The van der Waals surface area contributed by atoms with Crippen molar-refractivity contribution < 1.29 is 14.0 Å². The summed E-state index contributed by atoms with van der Waals surface area (Å²) in [7, 11) is 1.62. The fourth-order valence-corrected chi connectivity index (χ4v) is 2.20. The first kappa shape index (κ1) is 15.4. The lowest BCUT2D eigenvalue weighted by Crippen LogP contribution is -1.96. The Bertz CT molecular complexity index is 800. The Morgan fingerprint density at radius 2 is 1.91 bits per heavy atom. The Hall–Kier alpha value is -2.53. The molecule has 0 saturated carbocycles. The highest BCUT2D eigenvalue weighted by atomic mass is 35.5. The van der Waals surface area contributed by atoms with E-state index < -0.39 is 0 Å². The van der Waals surface area contributed by atoms with E-state index in [1.165, 1.54) is 0 Å². The minimum absolute atomic E-state index is 0.159. The van der Waals surface area contributed by atoms with Crippen LogP contribution in [-0.4, -0.2) is 17.3 Å². The highest BCUT2D eigenvalue weighted by molar-refractivity contribution is 6.32. The van der Waals surface area contributed by atoms with Gasteiger partial charge in [0.25, 0.3) is 5.89 Å². The van der Waals surface area contributed by atoms with Gasteiger partial charge in [-0.15, -0.1) is 0 Å². The van der Waals surface area contributed by atoms with Gasteiger partial charge in [-0.25, -0.2) is 0 Å².